The van der Waals surface area contributed by atoms with Crippen molar-refractivity contribution in [2.75, 3.05) is 7.11 Å². The Morgan fingerprint density at radius 3 is 2.27 bits per heavy atom. The van der Waals surface area contributed by atoms with Gasteiger partial charge >= 0.3 is 0 Å². The number of ether oxygens (including phenoxy) is 2. The minimum Gasteiger partial charge on any atom is -0.493 e. The predicted molar refractivity (Wildman–Crippen MR) is 90.5 cm³/mol. The van der Waals surface area contributed by atoms with Gasteiger partial charge in [0, 0.05) is 12.6 Å². The van der Waals surface area contributed by atoms with E-state index in [9.17, 15) is 0 Å². The molecule has 22 heavy (non-hydrogen) atoms. The lowest BCUT2D eigenvalue weighted by Gasteiger charge is -2.13. The van der Waals surface area contributed by atoms with Gasteiger partial charge in [0.2, 0.25) is 0 Å². The van der Waals surface area contributed by atoms with E-state index in [4.69, 9.17) is 9.47 Å². The van der Waals surface area contributed by atoms with Gasteiger partial charge in [-0.3, -0.25) is 0 Å². The molecule has 3 nitrogen and oxygen atoms in total. The lowest BCUT2D eigenvalue weighted by atomic mass is 10.1. The van der Waals surface area contributed by atoms with Crippen LogP contribution in [0.4, 0.5) is 0 Å². The lowest BCUT2D eigenvalue weighted by molar-refractivity contribution is 0.284. The molecule has 0 spiro atoms. The molecule has 3 heteroatoms. The molecule has 118 valence electrons. The number of benzene rings is 2. The summed E-state index contributed by atoms with van der Waals surface area (Å²) in [5.41, 5.74) is 3.59. The van der Waals surface area contributed by atoms with E-state index in [1.54, 1.807) is 7.11 Å². The molecule has 0 radical (unpaired) electrons. The molecule has 0 saturated carbocycles. The predicted octanol–water partition coefficient (Wildman–Crippen LogP) is 4.08. The summed E-state index contributed by atoms with van der Waals surface area (Å²) < 4.78 is 11.3. The van der Waals surface area contributed by atoms with Crippen LogP contribution in [0.25, 0.3) is 0 Å². The van der Waals surface area contributed by atoms with Crippen LogP contribution in [-0.2, 0) is 13.2 Å². The SMILES string of the molecule is COc1cc(CNC(C)C)ccc1OCc1ccc(C)cc1. The van der Waals surface area contributed by atoms with Gasteiger partial charge in [0.25, 0.3) is 0 Å². The molecule has 2 aromatic carbocycles. The van der Waals surface area contributed by atoms with Crippen molar-refractivity contribution in [3.8, 4) is 11.5 Å². The molecule has 0 aliphatic heterocycles. The van der Waals surface area contributed by atoms with Gasteiger partial charge in [-0.15, -0.1) is 0 Å². The summed E-state index contributed by atoms with van der Waals surface area (Å²) in [4.78, 5) is 0. The first-order chi connectivity index (χ1) is 10.6. The highest BCUT2D eigenvalue weighted by Crippen LogP contribution is 2.28. The van der Waals surface area contributed by atoms with Crippen LogP contribution < -0.4 is 14.8 Å². The lowest BCUT2D eigenvalue weighted by Crippen LogP contribution is -2.21. The molecule has 0 aliphatic carbocycles. The average Bonchev–Trinajstić information content (AvgIpc) is 2.52. The fourth-order valence-electron chi connectivity index (χ4n) is 2.11. The second kappa shape index (κ2) is 7.85. The molecule has 0 amide bonds. The Balaban J connectivity index is 2.02. The van der Waals surface area contributed by atoms with Crippen LogP contribution in [0, 0.1) is 6.92 Å². The van der Waals surface area contributed by atoms with Crippen molar-refractivity contribution >= 4 is 0 Å². The molecule has 0 aliphatic rings. The Morgan fingerprint density at radius 1 is 0.955 bits per heavy atom. The summed E-state index contributed by atoms with van der Waals surface area (Å²) >= 11 is 0. The summed E-state index contributed by atoms with van der Waals surface area (Å²) in [6, 6.07) is 14.9. The molecular formula is C19H25NO2. The fraction of sp³-hybridized carbons (Fsp3) is 0.368. The van der Waals surface area contributed by atoms with E-state index in [-0.39, 0.29) is 0 Å². The summed E-state index contributed by atoms with van der Waals surface area (Å²) in [5.74, 6) is 1.55. The highest BCUT2D eigenvalue weighted by Gasteiger charge is 2.06. The maximum Gasteiger partial charge on any atom is 0.161 e. The highest BCUT2D eigenvalue weighted by molar-refractivity contribution is 5.43. The van der Waals surface area contributed by atoms with Crippen LogP contribution in [0.1, 0.15) is 30.5 Å². The van der Waals surface area contributed by atoms with Crippen molar-refractivity contribution in [1.29, 1.82) is 0 Å². The number of rotatable bonds is 7. The molecule has 0 bridgehead atoms. The van der Waals surface area contributed by atoms with Crippen molar-refractivity contribution in [1.82, 2.24) is 5.32 Å². The Labute approximate surface area is 133 Å². The van der Waals surface area contributed by atoms with Gasteiger partial charge in [0.1, 0.15) is 6.61 Å². The molecule has 0 aromatic heterocycles. The van der Waals surface area contributed by atoms with E-state index in [0.29, 0.717) is 12.6 Å². The first kappa shape index (κ1) is 16.4. The number of hydrogen-bond donors (Lipinski definition) is 1. The number of aryl methyl sites for hydroxylation is 1. The minimum absolute atomic E-state index is 0.462. The van der Waals surface area contributed by atoms with Gasteiger partial charge in [-0.2, -0.15) is 0 Å². The van der Waals surface area contributed by atoms with Gasteiger partial charge in [-0.25, -0.2) is 0 Å². The Kier molecular flexibility index (Phi) is 5.84. The average molecular weight is 299 g/mol. The highest BCUT2D eigenvalue weighted by atomic mass is 16.5. The van der Waals surface area contributed by atoms with Crippen LogP contribution >= 0.6 is 0 Å². The zero-order valence-corrected chi connectivity index (χ0v) is 13.8. The fourth-order valence-corrected chi connectivity index (χ4v) is 2.11. The second-order valence-electron chi connectivity index (χ2n) is 5.80. The molecule has 1 N–H and O–H groups in total. The van der Waals surface area contributed by atoms with E-state index in [1.807, 2.05) is 12.1 Å². The van der Waals surface area contributed by atoms with Gasteiger partial charge in [-0.05, 0) is 30.2 Å². The maximum absolute atomic E-state index is 5.89. The van der Waals surface area contributed by atoms with E-state index in [0.717, 1.165) is 23.6 Å². The Hall–Kier alpha value is -2.00. The Morgan fingerprint density at radius 2 is 1.64 bits per heavy atom. The minimum atomic E-state index is 0.462. The van der Waals surface area contributed by atoms with Gasteiger partial charge in [-0.1, -0.05) is 49.7 Å². The van der Waals surface area contributed by atoms with E-state index in [1.165, 1.54) is 11.1 Å². The van der Waals surface area contributed by atoms with Crippen LogP contribution in [0.2, 0.25) is 0 Å². The van der Waals surface area contributed by atoms with Crippen LogP contribution in [-0.4, -0.2) is 13.2 Å². The summed E-state index contributed by atoms with van der Waals surface area (Å²) in [5, 5.41) is 3.40. The van der Waals surface area contributed by atoms with E-state index < -0.39 is 0 Å². The Bertz CT molecular complexity index is 591. The zero-order valence-electron chi connectivity index (χ0n) is 13.8. The molecular weight excluding hydrogens is 274 g/mol. The molecule has 2 rings (SSSR count). The standard InChI is InChI=1S/C19H25NO2/c1-14(2)20-12-17-9-10-18(19(11-17)21-4)22-13-16-7-5-15(3)6-8-16/h5-11,14,20H,12-13H2,1-4H3. The topological polar surface area (TPSA) is 30.5 Å². The smallest absolute Gasteiger partial charge is 0.161 e. The molecule has 2 aromatic rings. The van der Waals surface area contributed by atoms with Crippen molar-refractivity contribution in [3.05, 3.63) is 59.2 Å². The third-order valence-electron chi connectivity index (χ3n) is 3.46. The monoisotopic (exact) mass is 299 g/mol. The van der Waals surface area contributed by atoms with Crippen LogP contribution in [0.15, 0.2) is 42.5 Å². The van der Waals surface area contributed by atoms with Crippen LogP contribution in [0.5, 0.6) is 11.5 Å². The van der Waals surface area contributed by atoms with Crippen LogP contribution in [0.3, 0.4) is 0 Å². The van der Waals surface area contributed by atoms with Gasteiger partial charge < -0.3 is 14.8 Å². The summed E-state index contributed by atoms with van der Waals surface area (Å²) in [6.07, 6.45) is 0. The van der Waals surface area contributed by atoms with E-state index in [2.05, 4.69) is 56.4 Å². The van der Waals surface area contributed by atoms with Crippen molar-refractivity contribution in [2.24, 2.45) is 0 Å². The number of nitrogens with one attached hydrogen (secondary N) is 1. The van der Waals surface area contributed by atoms with Crippen molar-refractivity contribution < 1.29 is 9.47 Å². The zero-order chi connectivity index (χ0) is 15.9. The molecule has 0 saturated heterocycles. The summed E-state index contributed by atoms with van der Waals surface area (Å²) in [7, 11) is 1.67. The second-order valence-corrected chi connectivity index (χ2v) is 5.80. The molecule has 0 unspecified atom stereocenters. The molecule has 0 heterocycles. The third-order valence-corrected chi connectivity index (χ3v) is 3.46. The first-order valence-corrected chi connectivity index (χ1v) is 7.67. The van der Waals surface area contributed by atoms with Gasteiger partial charge in [0.05, 0.1) is 7.11 Å². The van der Waals surface area contributed by atoms with E-state index >= 15 is 0 Å². The summed E-state index contributed by atoms with van der Waals surface area (Å²) in [6.45, 7) is 7.72. The normalized spacial score (nSPS) is 10.8. The first-order valence-electron chi connectivity index (χ1n) is 7.67. The largest absolute Gasteiger partial charge is 0.493 e. The van der Waals surface area contributed by atoms with Crippen molar-refractivity contribution in [2.45, 2.75) is 40.0 Å². The quantitative estimate of drug-likeness (QED) is 0.835. The number of methoxy groups -OCH3 is 1. The van der Waals surface area contributed by atoms with Crippen molar-refractivity contribution in [3.63, 3.8) is 0 Å². The molecule has 0 fully saturated rings. The molecule has 0 atom stereocenters. The number of hydrogen-bond acceptors (Lipinski definition) is 3. The third kappa shape index (κ3) is 4.78. The maximum atomic E-state index is 5.89. The van der Waals surface area contributed by atoms with Gasteiger partial charge in [0.15, 0.2) is 11.5 Å².